The first-order valence-electron chi connectivity index (χ1n) is 7.09. The van der Waals surface area contributed by atoms with Gasteiger partial charge in [0.15, 0.2) is 0 Å². The van der Waals surface area contributed by atoms with E-state index in [0.29, 0.717) is 25.2 Å². The van der Waals surface area contributed by atoms with E-state index in [0.717, 1.165) is 12.8 Å². The Kier molecular flexibility index (Phi) is 6.28. The minimum Gasteiger partial charge on any atom is -0.481 e. The first-order chi connectivity index (χ1) is 8.95. The van der Waals surface area contributed by atoms with Gasteiger partial charge in [0.05, 0.1) is 24.5 Å². The van der Waals surface area contributed by atoms with E-state index in [4.69, 9.17) is 5.11 Å². The van der Waals surface area contributed by atoms with E-state index in [-0.39, 0.29) is 18.6 Å². The van der Waals surface area contributed by atoms with Crippen LogP contribution in [0.15, 0.2) is 0 Å². The number of carbonyl (C=O) groups is 2. The first kappa shape index (κ1) is 16.0. The largest absolute Gasteiger partial charge is 0.481 e. The highest BCUT2D eigenvalue weighted by atomic mass is 16.4. The van der Waals surface area contributed by atoms with Gasteiger partial charge in [-0.2, -0.15) is 0 Å². The summed E-state index contributed by atoms with van der Waals surface area (Å²) in [6, 6.07) is -0.274. The highest BCUT2D eigenvalue weighted by Crippen LogP contribution is 2.30. The first-order valence-corrected chi connectivity index (χ1v) is 7.09. The topological polar surface area (TPSA) is 86.6 Å². The second kappa shape index (κ2) is 7.48. The van der Waals surface area contributed by atoms with E-state index in [2.05, 4.69) is 5.32 Å². The standard InChI is InChI=1S/C14H25NO4/c1-9(2)7-10(8-16)15-13(17)11-5-3-4-6-12(11)14(18)19/h9-12,16H,3-8H2,1-2H3,(H,15,17)(H,18,19). The summed E-state index contributed by atoms with van der Waals surface area (Å²) in [6.45, 7) is 3.94. The van der Waals surface area contributed by atoms with Crippen LogP contribution in [0.1, 0.15) is 46.0 Å². The maximum absolute atomic E-state index is 12.2. The number of carbonyl (C=O) groups excluding carboxylic acids is 1. The van der Waals surface area contributed by atoms with Crippen LogP contribution in [0.25, 0.3) is 0 Å². The maximum Gasteiger partial charge on any atom is 0.307 e. The van der Waals surface area contributed by atoms with Crippen LogP contribution >= 0.6 is 0 Å². The van der Waals surface area contributed by atoms with Crippen LogP contribution in [-0.4, -0.2) is 34.7 Å². The van der Waals surface area contributed by atoms with Crippen molar-refractivity contribution in [3.8, 4) is 0 Å². The number of aliphatic carboxylic acids is 1. The van der Waals surface area contributed by atoms with Gasteiger partial charge in [-0.1, -0.05) is 26.7 Å². The summed E-state index contributed by atoms with van der Waals surface area (Å²) >= 11 is 0. The number of carboxylic acids is 1. The molecule has 1 aliphatic carbocycles. The summed E-state index contributed by atoms with van der Waals surface area (Å²) in [5.41, 5.74) is 0. The summed E-state index contributed by atoms with van der Waals surface area (Å²) in [7, 11) is 0. The molecule has 1 amide bonds. The van der Waals surface area contributed by atoms with Crippen molar-refractivity contribution in [2.75, 3.05) is 6.61 Å². The Bertz CT molecular complexity index is 317. The molecule has 3 unspecified atom stereocenters. The van der Waals surface area contributed by atoms with Crippen molar-refractivity contribution in [1.29, 1.82) is 0 Å². The maximum atomic E-state index is 12.2. The fourth-order valence-electron chi connectivity index (χ4n) is 2.80. The van der Waals surface area contributed by atoms with Gasteiger partial charge in [0.1, 0.15) is 0 Å². The molecule has 0 bridgehead atoms. The van der Waals surface area contributed by atoms with E-state index in [9.17, 15) is 14.7 Å². The molecule has 0 aromatic carbocycles. The molecule has 0 spiro atoms. The lowest BCUT2D eigenvalue weighted by atomic mass is 9.78. The van der Waals surface area contributed by atoms with Crippen molar-refractivity contribution in [3.63, 3.8) is 0 Å². The Hall–Kier alpha value is -1.10. The number of aliphatic hydroxyl groups is 1. The summed E-state index contributed by atoms with van der Waals surface area (Å²) in [6.07, 6.45) is 3.67. The molecule has 1 saturated carbocycles. The quantitative estimate of drug-likeness (QED) is 0.681. The summed E-state index contributed by atoms with van der Waals surface area (Å²) in [5, 5.41) is 21.2. The van der Waals surface area contributed by atoms with Gasteiger partial charge in [0.25, 0.3) is 0 Å². The molecule has 0 saturated heterocycles. The van der Waals surface area contributed by atoms with Crippen molar-refractivity contribution in [2.24, 2.45) is 17.8 Å². The summed E-state index contributed by atoms with van der Waals surface area (Å²) < 4.78 is 0. The van der Waals surface area contributed by atoms with Crippen molar-refractivity contribution in [1.82, 2.24) is 5.32 Å². The predicted octanol–water partition coefficient (Wildman–Crippen LogP) is 1.40. The van der Waals surface area contributed by atoms with Gasteiger partial charge >= 0.3 is 5.97 Å². The van der Waals surface area contributed by atoms with Crippen molar-refractivity contribution >= 4 is 11.9 Å². The zero-order valence-corrected chi connectivity index (χ0v) is 11.8. The molecule has 0 aliphatic heterocycles. The third-order valence-electron chi connectivity index (χ3n) is 3.74. The smallest absolute Gasteiger partial charge is 0.307 e. The van der Waals surface area contributed by atoms with Gasteiger partial charge in [-0.3, -0.25) is 9.59 Å². The third-order valence-corrected chi connectivity index (χ3v) is 3.74. The number of carboxylic acid groups (broad SMARTS) is 1. The van der Waals surface area contributed by atoms with Crippen LogP contribution in [0.2, 0.25) is 0 Å². The minimum atomic E-state index is -0.885. The van der Waals surface area contributed by atoms with Crippen molar-refractivity contribution in [2.45, 2.75) is 52.0 Å². The molecular weight excluding hydrogens is 246 g/mol. The average molecular weight is 271 g/mol. The number of rotatable bonds is 6. The predicted molar refractivity (Wildman–Crippen MR) is 71.6 cm³/mol. The van der Waals surface area contributed by atoms with Crippen LogP contribution in [0.5, 0.6) is 0 Å². The summed E-state index contributed by atoms with van der Waals surface area (Å²) in [5.74, 6) is -1.75. The van der Waals surface area contributed by atoms with E-state index in [1.165, 1.54) is 0 Å². The van der Waals surface area contributed by atoms with E-state index in [1.54, 1.807) is 0 Å². The zero-order chi connectivity index (χ0) is 14.4. The number of amides is 1. The Morgan fingerprint density at radius 3 is 2.26 bits per heavy atom. The fraction of sp³-hybridized carbons (Fsp3) is 0.857. The van der Waals surface area contributed by atoms with Gasteiger partial charge in [0, 0.05) is 0 Å². The van der Waals surface area contributed by atoms with Crippen LogP contribution in [-0.2, 0) is 9.59 Å². The van der Waals surface area contributed by atoms with Crippen LogP contribution in [0.4, 0.5) is 0 Å². The number of nitrogens with one attached hydrogen (secondary N) is 1. The van der Waals surface area contributed by atoms with Crippen molar-refractivity contribution < 1.29 is 19.8 Å². The highest BCUT2D eigenvalue weighted by molar-refractivity contribution is 5.85. The Morgan fingerprint density at radius 2 is 1.79 bits per heavy atom. The molecule has 1 aliphatic rings. The molecule has 19 heavy (non-hydrogen) atoms. The molecule has 5 nitrogen and oxygen atoms in total. The Labute approximate surface area is 114 Å². The molecule has 0 aromatic heterocycles. The minimum absolute atomic E-state index is 0.103. The van der Waals surface area contributed by atoms with Crippen LogP contribution < -0.4 is 5.32 Å². The van der Waals surface area contributed by atoms with E-state index in [1.807, 2.05) is 13.8 Å². The van der Waals surface area contributed by atoms with E-state index >= 15 is 0 Å². The van der Waals surface area contributed by atoms with Gasteiger partial charge in [0.2, 0.25) is 5.91 Å². The monoisotopic (exact) mass is 271 g/mol. The molecule has 1 rings (SSSR count). The van der Waals surface area contributed by atoms with E-state index < -0.39 is 17.8 Å². The molecule has 110 valence electrons. The molecule has 5 heteroatoms. The van der Waals surface area contributed by atoms with Gasteiger partial charge < -0.3 is 15.5 Å². The molecule has 3 atom stereocenters. The third kappa shape index (κ3) is 4.82. The molecule has 0 aromatic rings. The molecule has 0 radical (unpaired) electrons. The molecule has 3 N–H and O–H groups in total. The van der Waals surface area contributed by atoms with Crippen molar-refractivity contribution in [3.05, 3.63) is 0 Å². The highest BCUT2D eigenvalue weighted by Gasteiger charge is 2.36. The molecule has 1 fully saturated rings. The van der Waals surface area contributed by atoms with Crippen LogP contribution in [0.3, 0.4) is 0 Å². The SMILES string of the molecule is CC(C)CC(CO)NC(=O)C1CCCCC1C(=O)O. The number of aliphatic hydroxyl groups excluding tert-OH is 1. The van der Waals surface area contributed by atoms with Gasteiger partial charge in [-0.25, -0.2) is 0 Å². The lowest BCUT2D eigenvalue weighted by Gasteiger charge is -2.29. The van der Waals surface area contributed by atoms with Crippen LogP contribution in [0, 0.1) is 17.8 Å². The average Bonchev–Trinajstić information content (AvgIpc) is 2.37. The Morgan fingerprint density at radius 1 is 1.21 bits per heavy atom. The Balaban J connectivity index is 2.61. The normalized spacial score (nSPS) is 25.1. The number of hydrogen-bond donors (Lipinski definition) is 3. The lowest BCUT2D eigenvalue weighted by Crippen LogP contribution is -2.45. The lowest BCUT2D eigenvalue weighted by molar-refractivity contribution is -0.149. The van der Waals surface area contributed by atoms with Gasteiger partial charge in [-0.15, -0.1) is 0 Å². The second-order valence-corrected chi connectivity index (χ2v) is 5.85. The number of hydrogen-bond acceptors (Lipinski definition) is 3. The fourth-order valence-corrected chi connectivity index (χ4v) is 2.80. The molecular formula is C14H25NO4. The molecule has 0 heterocycles. The second-order valence-electron chi connectivity index (χ2n) is 5.85. The summed E-state index contributed by atoms with van der Waals surface area (Å²) in [4.78, 5) is 23.4. The zero-order valence-electron chi connectivity index (χ0n) is 11.8. The van der Waals surface area contributed by atoms with Gasteiger partial charge in [-0.05, 0) is 25.2 Å².